The number of benzene rings is 2. The van der Waals surface area contributed by atoms with Gasteiger partial charge in [0.15, 0.2) is 5.78 Å². The maximum absolute atomic E-state index is 12.2. The van der Waals surface area contributed by atoms with Crippen LogP contribution in [-0.4, -0.2) is 15.9 Å². The smallest absolute Gasteiger partial charge is 0.164 e. The number of nitrogens with zero attached hydrogens (tertiary/aromatic N) is 1. The van der Waals surface area contributed by atoms with Gasteiger partial charge in [0.1, 0.15) is 5.76 Å². The van der Waals surface area contributed by atoms with E-state index in [0.717, 1.165) is 58.5 Å². The number of thiophene rings is 1. The van der Waals surface area contributed by atoms with Crippen LogP contribution in [0.5, 0.6) is 0 Å². The average Bonchev–Trinajstić information content (AvgIpc) is 3.49. The number of rotatable bonds is 10. The average molecular weight is 912 g/mol. The van der Waals surface area contributed by atoms with Crippen molar-refractivity contribution in [1.29, 1.82) is 0 Å². The summed E-state index contributed by atoms with van der Waals surface area (Å²) in [6, 6.07) is 19.1. The van der Waals surface area contributed by atoms with Gasteiger partial charge in [-0.25, -0.2) is 0 Å². The van der Waals surface area contributed by atoms with Crippen molar-refractivity contribution in [1.82, 2.24) is 4.98 Å². The van der Waals surface area contributed by atoms with Crippen LogP contribution in [0.2, 0.25) is 0 Å². The quantitative estimate of drug-likeness (QED) is 0.0980. The Hall–Kier alpha value is -2.59. The number of aliphatic hydroxyl groups is 1. The summed E-state index contributed by atoms with van der Waals surface area (Å²) in [7, 11) is 0. The van der Waals surface area contributed by atoms with Gasteiger partial charge >= 0.3 is 0 Å². The van der Waals surface area contributed by atoms with E-state index in [1.807, 2.05) is 58.9 Å². The number of hydrogen-bond donors (Lipinski definition) is 1. The minimum Gasteiger partial charge on any atom is -0.512 e. The number of aromatic nitrogens is 1. The maximum Gasteiger partial charge on any atom is 0.164 e. The second kappa shape index (κ2) is 18.4. The Bertz CT molecular complexity index is 1880. The molecule has 1 N–H and O–H groups in total. The van der Waals surface area contributed by atoms with Gasteiger partial charge in [-0.1, -0.05) is 98.9 Å². The molecule has 0 unspecified atom stereocenters. The van der Waals surface area contributed by atoms with Crippen molar-refractivity contribution < 1.29 is 31.4 Å². The fraction of sp³-hybridized carbons (Fsp3) is 0.542. The number of ketones is 1. The predicted octanol–water partition coefficient (Wildman–Crippen LogP) is 14.6. The molecule has 53 heavy (non-hydrogen) atoms. The van der Waals surface area contributed by atoms with Gasteiger partial charge in [0.25, 0.3) is 0 Å². The van der Waals surface area contributed by atoms with Gasteiger partial charge in [-0.2, -0.15) is 0 Å². The molecular formula is C48H64IrNO2S-. The molecule has 2 aliphatic rings. The number of fused-ring (bicyclic) bond motifs is 1. The summed E-state index contributed by atoms with van der Waals surface area (Å²) in [5, 5.41) is 11.3. The van der Waals surface area contributed by atoms with Crippen LogP contribution in [0, 0.1) is 43.1 Å². The van der Waals surface area contributed by atoms with Crippen molar-refractivity contribution in [2.45, 2.75) is 152 Å². The SMILES string of the molecule is CCC(C)(CC)C(=O)/C=C(\O)C(C)(CC)CC.[2H]c1cc2c(C)c(-c3ccc(C4CCC5(CCCCC5)CC4)cc3)sc2c(-c2[c-]c(C)cc(C)c2)n1.[Ir]. The van der Waals surface area contributed by atoms with Crippen molar-refractivity contribution in [3.05, 3.63) is 88.8 Å². The zero-order chi connectivity index (χ0) is 38.6. The zero-order valence-electron chi connectivity index (χ0n) is 34.9. The Labute approximate surface area is 340 Å². The molecule has 6 rings (SSSR count). The van der Waals surface area contributed by atoms with Crippen LogP contribution < -0.4 is 0 Å². The summed E-state index contributed by atoms with van der Waals surface area (Å²) >= 11 is 1.81. The summed E-state index contributed by atoms with van der Waals surface area (Å²) in [5.74, 6) is 1.01. The van der Waals surface area contributed by atoms with Crippen molar-refractivity contribution >= 4 is 27.2 Å². The van der Waals surface area contributed by atoms with Crippen molar-refractivity contribution in [2.24, 2.45) is 16.2 Å². The van der Waals surface area contributed by atoms with Gasteiger partial charge < -0.3 is 10.1 Å². The molecule has 5 heteroatoms. The normalized spacial score (nSPS) is 16.8. The first-order valence-corrected chi connectivity index (χ1v) is 21.0. The first-order chi connectivity index (χ1) is 25.2. The summed E-state index contributed by atoms with van der Waals surface area (Å²) in [4.78, 5) is 18.1. The van der Waals surface area contributed by atoms with E-state index < -0.39 is 0 Å². The van der Waals surface area contributed by atoms with E-state index in [0.29, 0.717) is 11.6 Å². The maximum atomic E-state index is 12.2. The van der Waals surface area contributed by atoms with Crippen LogP contribution in [-0.2, 0) is 24.9 Å². The van der Waals surface area contributed by atoms with Crippen LogP contribution in [0.3, 0.4) is 0 Å². The molecule has 1 radical (unpaired) electrons. The van der Waals surface area contributed by atoms with Gasteiger partial charge in [-0.15, -0.1) is 46.2 Å². The molecule has 0 saturated heterocycles. The second-order valence-corrected chi connectivity index (χ2v) is 17.7. The Kier molecular flexibility index (Phi) is 14.4. The number of aliphatic hydroxyl groups excluding tert-OH is 1. The van der Waals surface area contributed by atoms with Gasteiger partial charge in [0.2, 0.25) is 0 Å². The third-order valence-electron chi connectivity index (χ3n) is 13.4. The van der Waals surface area contributed by atoms with Crippen molar-refractivity contribution in [3.8, 4) is 21.7 Å². The molecule has 2 heterocycles. The number of carbonyl (C=O) groups excluding carboxylic acids is 1. The van der Waals surface area contributed by atoms with E-state index in [1.54, 1.807) is 0 Å². The molecule has 2 aromatic carbocycles. The number of allylic oxidation sites excluding steroid dienone is 2. The van der Waals surface area contributed by atoms with E-state index in [-0.39, 0.29) is 42.5 Å². The molecular weight excluding hydrogens is 847 g/mol. The van der Waals surface area contributed by atoms with Crippen LogP contribution >= 0.6 is 11.3 Å². The first kappa shape index (κ1) is 41.6. The standard InChI is InChI=1S/C33H36NS.C15H28O2.Ir/c1-22-19-23(2)21-28(20-22)30-32-29(13-18-34-30)24(3)31(35-32)27-9-7-25(8-10-27)26-11-16-33(17-12-26)14-5-4-6-15-33;1-7-14(5,8-2)12(16)11-13(17)15(6,9-3)10-4;/h7-10,13,18-20,26H,4-6,11-12,14-17H2,1-3H3;11,16H,7-10H2,1-6H3;/q-1;;/b;12-11-;/i18D;;. The Morgan fingerprint density at radius 1 is 0.925 bits per heavy atom. The van der Waals surface area contributed by atoms with Crippen LogP contribution in [0.15, 0.2) is 60.5 Å². The Balaban J connectivity index is 0.000000309. The first-order valence-electron chi connectivity index (χ1n) is 20.7. The third kappa shape index (κ3) is 9.63. The molecule has 3 nitrogen and oxygen atoms in total. The van der Waals surface area contributed by atoms with E-state index in [9.17, 15) is 9.90 Å². The molecule has 0 aliphatic heterocycles. The van der Waals surface area contributed by atoms with Crippen molar-refractivity contribution in [3.63, 3.8) is 0 Å². The topological polar surface area (TPSA) is 50.2 Å². The van der Waals surface area contributed by atoms with E-state index in [4.69, 9.17) is 1.37 Å². The number of pyridine rings is 1. The molecule has 2 aromatic heterocycles. The second-order valence-electron chi connectivity index (χ2n) is 16.7. The minimum atomic E-state index is -0.337. The van der Waals surface area contributed by atoms with Gasteiger partial charge in [-0.3, -0.25) is 4.79 Å². The Morgan fingerprint density at radius 2 is 1.53 bits per heavy atom. The van der Waals surface area contributed by atoms with Gasteiger partial charge in [-0.05, 0) is 111 Å². The minimum absolute atomic E-state index is 0. The molecule has 289 valence electrons. The summed E-state index contributed by atoms with van der Waals surface area (Å²) in [5.41, 5.74) is 8.31. The largest absolute Gasteiger partial charge is 0.512 e. The van der Waals surface area contributed by atoms with Gasteiger partial charge in [0.05, 0.1) is 1.37 Å². The van der Waals surface area contributed by atoms with Crippen LogP contribution in [0.4, 0.5) is 0 Å². The summed E-state index contributed by atoms with van der Waals surface area (Å²) in [6.07, 6.45) is 17.9. The monoisotopic (exact) mass is 912 g/mol. The predicted molar refractivity (Wildman–Crippen MR) is 223 cm³/mol. The zero-order valence-corrected chi connectivity index (χ0v) is 37.1. The fourth-order valence-electron chi connectivity index (χ4n) is 8.52. The Morgan fingerprint density at radius 3 is 2.09 bits per heavy atom. The molecule has 0 atom stereocenters. The molecule has 0 bridgehead atoms. The summed E-state index contributed by atoms with van der Waals surface area (Å²) < 4.78 is 9.54. The molecule has 2 fully saturated rings. The molecule has 2 aliphatic carbocycles. The van der Waals surface area contributed by atoms with Crippen LogP contribution in [0.1, 0.15) is 155 Å². The summed E-state index contributed by atoms with van der Waals surface area (Å²) in [6.45, 7) is 18.5. The van der Waals surface area contributed by atoms with Gasteiger partial charge in [0, 0.05) is 58.5 Å². The van der Waals surface area contributed by atoms with E-state index >= 15 is 0 Å². The molecule has 0 amide bonds. The number of aryl methyl sites for hydroxylation is 3. The van der Waals surface area contributed by atoms with Crippen LogP contribution in [0.25, 0.3) is 31.8 Å². The molecule has 2 saturated carbocycles. The fourth-order valence-corrected chi connectivity index (χ4v) is 9.82. The van der Waals surface area contributed by atoms with Crippen molar-refractivity contribution in [2.75, 3.05) is 0 Å². The molecule has 4 aromatic rings. The number of hydrogen-bond acceptors (Lipinski definition) is 4. The molecule has 1 spiro atoms. The van der Waals surface area contributed by atoms with E-state index in [2.05, 4.69) is 68.2 Å². The third-order valence-corrected chi connectivity index (χ3v) is 14.8. The number of carbonyl (C=O) groups is 1. The van der Waals surface area contributed by atoms with E-state index in [1.165, 1.54) is 91.0 Å².